The maximum atomic E-state index is 13.3. The highest BCUT2D eigenvalue weighted by Gasteiger charge is 2.38. The van der Waals surface area contributed by atoms with Crippen molar-refractivity contribution in [2.24, 2.45) is 17.6 Å². The number of phenols is 1. The second-order valence-corrected chi connectivity index (χ2v) is 8.15. The molecule has 0 amide bonds. The van der Waals surface area contributed by atoms with E-state index in [1.54, 1.807) is 0 Å². The molecule has 4 rings (SSSR count). The molecule has 7 heteroatoms. The van der Waals surface area contributed by atoms with Crippen molar-refractivity contribution in [1.29, 1.82) is 0 Å². The van der Waals surface area contributed by atoms with Crippen LogP contribution in [0, 0.1) is 24.6 Å². The first-order valence-corrected chi connectivity index (χ1v) is 10.2. The van der Waals surface area contributed by atoms with Gasteiger partial charge in [-0.2, -0.15) is 0 Å². The lowest BCUT2D eigenvalue weighted by molar-refractivity contribution is -0.0714. The fourth-order valence-electron chi connectivity index (χ4n) is 4.83. The van der Waals surface area contributed by atoms with E-state index in [2.05, 4.69) is 5.32 Å². The average molecular weight is 546 g/mol. The van der Waals surface area contributed by atoms with Crippen LogP contribution in [-0.2, 0) is 17.6 Å². The summed E-state index contributed by atoms with van der Waals surface area (Å²) in [7, 11) is 0. The number of rotatable bonds is 4. The van der Waals surface area contributed by atoms with Crippen LogP contribution in [0.5, 0.6) is 5.75 Å². The van der Waals surface area contributed by atoms with Gasteiger partial charge in [-0.1, -0.05) is 24.3 Å². The van der Waals surface area contributed by atoms with Gasteiger partial charge in [0, 0.05) is 18.5 Å². The molecule has 1 fully saturated rings. The molecule has 166 valence electrons. The van der Waals surface area contributed by atoms with Gasteiger partial charge in [-0.3, -0.25) is 0 Å². The molecule has 0 spiro atoms. The summed E-state index contributed by atoms with van der Waals surface area (Å²) < 4.78 is 19.7. The number of hydrogen-bond acceptors (Lipinski definition) is 4. The van der Waals surface area contributed by atoms with E-state index in [9.17, 15) is 9.50 Å². The molecular formula is C23H31Br2FN2O2. The highest BCUT2D eigenvalue weighted by molar-refractivity contribution is 8.93. The van der Waals surface area contributed by atoms with Gasteiger partial charge in [-0.05, 0) is 73.5 Å². The standard InChI is InChI=1S/C23H29FN2O2.2BrH/c1-14-2-7-19-20(23(14)27)11-21(28-22(19)12-25)18-8-9-26-13-16(18)10-15-3-5-17(24)6-4-15;;/h2-7,16,18,21-22,26-27H,8-13,25H2,1H3;2*1H/t16?,18?,21-,22-;;/m0../s1. The Kier molecular flexibility index (Phi) is 9.31. The summed E-state index contributed by atoms with van der Waals surface area (Å²) in [6.45, 7) is 4.21. The van der Waals surface area contributed by atoms with Gasteiger partial charge >= 0.3 is 0 Å². The first-order valence-electron chi connectivity index (χ1n) is 10.2. The van der Waals surface area contributed by atoms with Crippen LogP contribution in [0.2, 0.25) is 0 Å². The summed E-state index contributed by atoms with van der Waals surface area (Å²) >= 11 is 0. The minimum atomic E-state index is -0.203. The van der Waals surface area contributed by atoms with Crippen molar-refractivity contribution in [1.82, 2.24) is 5.32 Å². The van der Waals surface area contributed by atoms with E-state index in [-0.39, 0.29) is 52.0 Å². The van der Waals surface area contributed by atoms with Gasteiger partial charge in [-0.25, -0.2) is 4.39 Å². The number of hydrogen-bond donors (Lipinski definition) is 3. The Morgan fingerprint density at radius 2 is 1.90 bits per heavy atom. The number of phenolic OH excluding ortho intramolecular Hbond substituents is 1. The Bertz CT molecular complexity index is 835. The summed E-state index contributed by atoms with van der Waals surface area (Å²) in [5.74, 6) is 0.948. The summed E-state index contributed by atoms with van der Waals surface area (Å²) in [5.41, 5.74) is 10.1. The SMILES string of the molecule is Br.Br.Cc1ccc2c(c1O)C[C@@H](C1CCNCC1Cc1ccc(F)cc1)O[C@H]2CN. The van der Waals surface area contributed by atoms with E-state index < -0.39 is 0 Å². The van der Waals surface area contributed by atoms with E-state index in [1.807, 2.05) is 31.2 Å². The molecule has 0 bridgehead atoms. The molecule has 2 aromatic carbocycles. The van der Waals surface area contributed by atoms with E-state index >= 15 is 0 Å². The molecule has 2 aliphatic rings. The number of nitrogens with one attached hydrogen (secondary N) is 1. The van der Waals surface area contributed by atoms with Crippen LogP contribution in [0.4, 0.5) is 4.39 Å². The molecule has 0 aliphatic carbocycles. The number of halogens is 3. The van der Waals surface area contributed by atoms with Crippen molar-refractivity contribution in [3.8, 4) is 5.75 Å². The smallest absolute Gasteiger partial charge is 0.123 e. The van der Waals surface area contributed by atoms with Gasteiger partial charge in [0.1, 0.15) is 11.6 Å². The molecule has 0 saturated carbocycles. The minimum Gasteiger partial charge on any atom is -0.507 e. The number of benzene rings is 2. The molecule has 2 heterocycles. The van der Waals surface area contributed by atoms with Crippen LogP contribution in [0.3, 0.4) is 0 Å². The highest BCUT2D eigenvalue weighted by Crippen LogP contribution is 2.41. The van der Waals surface area contributed by atoms with Gasteiger partial charge in [-0.15, -0.1) is 34.0 Å². The van der Waals surface area contributed by atoms with Crippen LogP contribution in [0.1, 0.15) is 34.8 Å². The maximum Gasteiger partial charge on any atom is 0.123 e. The van der Waals surface area contributed by atoms with E-state index in [0.717, 1.165) is 48.2 Å². The van der Waals surface area contributed by atoms with Crippen LogP contribution >= 0.6 is 34.0 Å². The van der Waals surface area contributed by atoms with Gasteiger partial charge in [0.2, 0.25) is 0 Å². The lowest BCUT2D eigenvalue weighted by atomic mass is 9.75. The molecule has 0 aromatic heterocycles. The van der Waals surface area contributed by atoms with Crippen molar-refractivity contribution in [2.75, 3.05) is 19.6 Å². The summed E-state index contributed by atoms with van der Waals surface area (Å²) in [6, 6.07) is 10.8. The van der Waals surface area contributed by atoms with E-state index in [1.165, 1.54) is 12.1 Å². The van der Waals surface area contributed by atoms with Crippen LogP contribution in [0.15, 0.2) is 36.4 Å². The molecule has 4 N–H and O–H groups in total. The van der Waals surface area contributed by atoms with Gasteiger partial charge in [0.25, 0.3) is 0 Å². The zero-order valence-corrected chi connectivity index (χ0v) is 20.6. The number of nitrogens with two attached hydrogens (primary N) is 1. The third-order valence-corrected chi connectivity index (χ3v) is 6.38. The van der Waals surface area contributed by atoms with Crippen molar-refractivity contribution < 1.29 is 14.2 Å². The molecule has 2 aromatic rings. The summed E-state index contributed by atoms with van der Waals surface area (Å²) in [6.07, 6.45) is 2.47. The van der Waals surface area contributed by atoms with Crippen LogP contribution in [-0.4, -0.2) is 30.8 Å². The molecule has 4 nitrogen and oxygen atoms in total. The Balaban J connectivity index is 0.00000160. The Morgan fingerprint density at radius 3 is 2.60 bits per heavy atom. The van der Waals surface area contributed by atoms with Gasteiger partial charge < -0.3 is 20.9 Å². The zero-order chi connectivity index (χ0) is 19.7. The van der Waals surface area contributed by atoms with Crippen molar-refractivity contribution in [2.45, 2.75) is 38.4 Å². The van der Waals surface area contributed by atoms with Crippen molar-refractivity contribution in [3.63, 3.8) is 0 Å². The first-order chi connectivity index (χ1) is 13.6. The maximum absolute atomic E-state index is 13.3. The second-order valence-electron chi connectivity index (χ2n) is 8.15. The molecule has 0 radical (unpaired) electrons. The van der Waals surface area contributed by atoms with Crippen molar-refractivity contribution in [3.05, 3.63) is 64.5 Å². The lowest BCUT2D eigenvalue weighted by Gasteiger charge is -2.42. The third-order valence-electron chi connectivity index (χ3n) is 6.38. The van der Waals surface area contributed by atoms with E-state index in [0.29, 0.717) is 30.6 Å². The number of fused-ring (bicyclic) bond motifs is 1. The largest absolute Gasteiger partial charge is 0.507 e. The molecule has 2 aliphatic heterocycles. The molecule has 30 heavy (non-hydrogen) atoms. The number of aryl methyl sites for hydroxylation is 1. The molecule has 4 atom stereocenters. The van der Waals surface area contributed by atoms with Gasteiger partial charge in [0.15, 0.2) is 0 Å². The van der Waals surface area contributed by atoms with E-state index in [4.69, 9.17) is 10.5 Å². The second kappa shape index (κ2) is 11.0. The minimum absolute atomic E-state index is 0. The lowest BCUT2D eigenvalue weighted by Crippen LogP contribution is -2.46. The molecular weight excluding hydrogens is 515 g/mol. The molecule has 2 unspecified atom stereocenters. The van der Waals surface area contributed by atoms with Crippen LogP contribution < -0.4 is 11.1 Å². The monoisotopic (exact) mass is 544 g/mol. The Labute approximate surface area is 198 Å². The van der Waals surface area contributed by atoms with Gasteiger partial charge in [0.05, 0.1) is 12.2 Å². The summed E-state index contributed by atoms with van der Waals surface area (Å²) in [5, 5.41) is 14.2. The predicted octanol–water partition coefficient (Wildman–Crippen LogP) is 4.41. The van der Waals surface area contributed by atoms with Crippen molar-refractivity contribution >= 4 is 34.0 Å². The Morgan fingerprint density at radius 1 is 1.17 bits per heavy atom. The first kappa shape index (κ1) is 25.3. The number of piperidine rings is 1. The summed E-state index contributed by atoms with van der Waals surface area (Å²) in [4.78, 5) is 0. The number of ether oxygens (including phenoxy) is 1. The molecule has 1 saturated heterocycles. The quantitative estimate of drug-likeness (QED) is 0.532. The zero-order valence-electron chi connectivity index (χ0n) is 17.1. The number of aromatic hydroxyl groups is 1. The highest BCUT2D eigenvalue weighted by atomic mass is 79.9. The normalized spacial score (nSPS) is 25.6. The predicted molar refractivity (Wildman–Crippen MR) is 128 cm³/mol. The fourth-order valence-corrected chi connectivity index (χ4v) is 4.83. The average Bonchev–Trinajstić information content (AvgIpc) is 2.72. The topological polar surface area (TPSA) is 67.5 Å². The van der Waals surface area contributed by atoms with Crippen LogP contribution in [0.25, 0.3) is 0 Å². The third kappa shape index (κ3) is 5.25. The fraction of sp³-hybridized carbons (Fsp3) is 0.478. The Hall–Kier alpha value is -0.990.